The molecule has 1 heterocycles. The van der Waals surface area contributed by atoms with Gasteiger partial charge in [-0.2, -0.15) is 0 Å². The molecular weight excluding hydrogens is 302 g/mol. The molecule has 1 fully saturated rings. The van der Waals surface area contributed by atoms with Crippen LogP contribution in [0.25, 0.3) is 0 Å². The van der Waals surface area contributed by atoms with Gasteiger partial charge in [-0.05, 0) is 56.0 Å². The summed E-state index contributed by atoms with van der Waals surface area (Å²) in [5, 5.41) is 4.07. The maximum Gasteiger partial charge on any atom is 0.140 e. The van der Waals surface area contributed by atoms with Gasteiger partial charge >= 0.3 is 0 Å². The topological polar surface area (TPSA) is 21.3 Å². The van der Waals surface area contributed by atoms with E-state index in [0.717, 1.165) is 35.7 Å². The van der Waals surface area contributed by atoms with Crippen LogP contribution in [-0.4, -0.2) is 20.2 Å². The number of rotatable bonds is 3. The molecule has 0 saturated carbocycles. The van der Waals surface area contributed by atoms with E-state index in [-0.39, 0.29) is 0 Å². The van der Waals surface area contributed by atoms with Gasteiger partial charge in [0.1, 0.15) is 5.75 Å². The van der Waals surface area contributed by atoms with Gasteiger partial charge in [-0.15, -0.1) is 0 Å². The highest BCUT2D eigenvalue weighted by atomic mass is 79.9. The first kappa shape index (κ1) is 13.2. The molecule has 1 N–H and O–H groups in total. The summed E-state index contributed by atoms with van der Waals surface area (Å²) in [6, 6.07) is 4.00. The molecule has 1 aromatic carbocycles. The molecule has 1 aliphatic heterocycles. The first-order valence-electron chi connectivity index (χ1n) is 5.93. The van der Waals surface area contributed by atoms with Crippen LogP contribution in [0.2, 0.25) is 5.02 Å². The van der Waals surface area contributed by atoms with Crippen molar-refractivity contribution in [1.82, 2.24) is 5.32 Å². The SMILES string of the molecule is COc1c(Cl)cc(Br)cc1CC1CCNCC1. The quantitative estimate of drug-likeness (QED) is 0.918. The molecule has 2 rings (SSSR count). The molecule has 0 aromatic heterocycles. The monoisotopic (exact) mass is 317 g/mol. The third-order valence-corrected chi connectivity index (χ3v) is 4.00. The lowest BCUT2D eigenvalue weighted by Crippen LogP contribution is -2.28. The smallest absolute Gasteiger partial charge is 0.140 e. The predicted octanol–water partition coefficient (Wildman–Crippen LogP) is 3.65. The molecule has 1 aromatic rings. The van der Waals surface area contributed by atoms with Crippen molar-refractivity contribution in [2.45, 2.75) is 19.3 Å². The second-order valence-corrected chi connectivity index (χ2v) is 5.80. The second-order valence-electron chi connectivity index (χ2n) is 4.48. The molecule has 17 heavy (non-hydrogen) atoms. The van der Waals surface area contributed by atoms with Crippen molar-refractivity contribution in [2.24, 2.45) is 5.92 Å². The Morgan fingerprint density at radius 3 is 2.76 bits per heavy atom. The van der Waals surface area contributed by atoms with Gasteiger partial charge in [0.05, 0.1) is 12.1 Å². The second kappa shape index (κ2) is 6.07. The Labute approximate surface area is 116 Å². The molecule has 1 aliphatic rings. The molecule has 0 aliphatic carbocycles. The van der Waals surface area contributed by atoms with E-state index >= 15 is 0 Å². The minimum absolute atomic E-state index is 0.686. The molecule has 94 valence electrons. The van der Waals surface area contributed by atoms with Crippen molar-refractivity contribution in [1.29, 1.82) is 0 Å². The minimum atomic E-state index is 0.686. The molecule has 4 heteroatoms. The summed E-state index contributed by atoms with van der Waals surface area (Å²) in [6.07, 6.45) is 3.50. The van der Waals surface area contributed by atoms with Gasteiger partial charge in [-0.25, -0.2) is 0 Å². The number of ether oxygens (including phenoxy) is 1. The molecule has 2 nitrogen and oxygen atoms in total. The maximum absolute atomic E-state index is 6.19. The number of nitrogens with one attached hydrogen (secondary N) is 1. The highest BCUT2D eigenvalue weighted by Crippen LogP contribution is 2.34. The van der Waals surface area contributed by atoms with E-state index in [2.05, 4.69) is 27.3 Å². The van der Waals surface area contributed by atoms with Gasteiger partial charge < -0.3 is 10.1 Å². The zero-order valence-corrected chi connectivity index (χ0v) is 12.3. The van der Waals surface area contributed by atoms with Crippen LogP contribution in [0.5, 0.6) is 5.75 Å². The fourth-order valence-corrected chi connectivity index (χ4v) is 3.34. The molecule has 0 amide bonds. The van der Waals surface area contributed by atoms with E-state index < -0.39 is 0 Å². The largest absolute Gasteiger partial charge is 0.495 e. The van der Waals surface area contributed by atoms with Crippen molar-refractivity contribution < 1.29 is 4.74 Å². The molecule has 0 radical (unpaired) electrons. The number of methoxy groups -OCH3 is 1. The summed E-state index contributed by atoms with van der Waals surface area (Å²) in [4.78, 5) is 0. The molecule has 1 saturated heterocycles. The van der Waals surface area contributed by atoms with Crippen LogP contribution in [0.1, 0.15) is 18.4 Å². The van der Waals surface area contributed by atoms with Gasteiger partial charge in [0.25, 0.3) is 0 Å². The van der Waals surface area contributed by atoms with Crippen LogP contribution in [-0.2, 0) is 6.42 Å². The van der Waals surface area contributed by atoms with Gasteiger partial charge in [0.15, 0.2) is 0 Å². The maximum atomic E-state index is 6.19. The fraction of sp³-hybridized carbons (Fsp3) is 0.538. The zero-order chi connectivity index (χ0) is 12.3. The standard InChI is InChI=1S/C13H17BrClNO/c1-17-13-10(7-11(14)8-12(13)15)6-9-2-4-16-5-3-9/h7-9,16H,2-6H2,1H3. The van der Waals surface area contributed by atoms with Crippen molar-refractivity contribution in [3.8, 4) is 5.75 Å². The highest BCUT2D eigenvalue weighted by Gasteiger charge is 2.17. The third kappa shape index (κ3) is 3.36. The molecule has 0 unspecified atom stereocenters. The first-order valence-corrected chi connectivity index (χ1v) is 7.10. The van der Waals surface area contributed by atoms with Gasteiger partial charge in [0, 0.05) is 4.47 Å². The average molecular weight is 319 g/mol. The lowest BCUT2D eigenvalue weighted by Gasteiger charge is -2.23. The van der Waals surface area contributed by atoms with Crippen molar-refractivity contribution in [3.05, 3.63) is 27.2 Å². The summed E-state index contributed by atoms with van der Waals surface area (Å²) < 4.78 is 6.42. The van der Waals surface area contributed by atoms with E-state index in [9.17, 15) is 0 Å². The molecule has 0 bridgehead atoms. The summed E-state index contributed by atoms with van der Waals surface area (Å²) in [5.41, 5.74) is 1.21. The molecular formula is C13H17BrClNO. The van der Waals surface area contributed by atoms with Crippen LogP contribution in [0.15, 0.2) is 16.6 Å². The number of halogens is 2. The van der Waals surface area contributed by atoms with Gasteiger partial charge in [0.2, 0.25) is 0 Å². The van der Waals surface area contributed by atoms with E-state index in [4.69, 9.17) is 16.3 Å². The van der Waals surface area contributed by atoms with Crippen LogP contribution in [0, 0.1) is 5.92 Å². The van der Waals surface area contributed by atoms with E-state index in [1.807, 2.05) is 6.07 Å². The zero-order valence-electron chi connectivity index (χ0n) is 9.93. The third-order valence-electron chi connectivity index (χ3n) is 3.26. The lowest BCUT2D eigenvalue weighted by atomic mass is 9.90. The van der Waals surface area contributed by atoms with E-state index in [1.54, 1.807) is 7.11 Å². The number of hydrogen-bond donors (Lipinski definition) is 1. The Bertz CT molecular complexity index is 391. The summed E-state index contributed by atoms with van der Waals surface area (Å²) in [6.45, 7) is 2.24. The lowest BCUT2D eigenvalue weighted by molar-refractivity contribution is 0.361. The highest BCUT2D eigenvalue weighted by molar-refractivity contribution is 9.10. The normalized spacial score (nSPS) is 17.1. The van der Waals surface area contributed by atoms with Crippen LogP contribution in [0.3, 0.4) is 0 Å². The van der Waals surface area contributed by atoms with Gasteiger partial charge in [-0.3, -0.25) is 0 Å². The predicted molar refractivity (Wildman–Crippen MR) is 75.0 cm³/mol. The summed E-state index contributed by atoms with van der Waals surface area (Å²) >= 11 is 9.67. The van der Waals surface area contributed by atoms with Crippen molar-refractivity contribution >= 4 is 27.5 Å². The number of hydrogen-bond acceptors (Lipinski definition) is 2. The van der Waals surface area contributed by atoms with Crippen molar-refractivity contribution in [2.75, 3.05) is 20.2 Å². The Morgan fingerprint density at radius 2 is 2.12 bits per heavy atom. The van der Waals surface area contributed by atoms with Gasteiger partial charge in [-0.1, -0.05) is 27.5 Å². The number of benzene rings is 1. The van der Waals surface area contributed by atoms with Crippen LogP contribution >= 0.6 is 27.5 Å². The van der Waals surface area contributed by atoms with E-state index in [0.29, 0.717) is 5.02 Å². The fourth-order valence-electron chi connectivity index (χ4n) is 2.39. The summed E-state index contributed by atoms with van der Waals surface area (Å²) in [7, 11) is 1.68. The minimum Gasteiger partial charge on any atom is -0.495 e. The van der Waals surface area contributed by atoms with E-state index in [1.165, 1.54) is 18.4 Å². The Hall–Kier alpha value is -0.250. The van der Waals surface area contributed by atoms with Crippen molar-refractivity contribution in [3.63, 3.8) is 0 Å². The molecule has 0 spiro atoms. The Morgan fingerprint density at radius 1 is 1.41 bits per heavy atom. The molecule has 0 atom stereocenters. The van der Waals surface area contributed by atoms with Crippen LogP contribution < -0.4 is 10.1 Å². The summed E-state index contributed by atoms with van der Waals surface area (Å²) in [5.74, 6) is 1.56. The van der Waals surface area contributed by atoms with Crippen LogP contribution in [0.4, 0.5) is 0 Å². The Balaban J connectivity index is 2.18. The Kier molecular flexibility index (Phi) is 4.71. The number of piperidine rings is 1. The first-order chi connectivity index (χ1) is 8.20. The average Bonchev–Trinajstić information content (AvgIpc) is 2.30.